The highest BCUT2D eigenvalue weighted by molar-refractivity contribution is 5.16. The van der Waals surface area contributed by atoms with E-state index in [0.717, 1.165) is 5.92 Å². The first kappa shape index (κ1) is 15.3. The molecule has 1 heterocycles. The first-order chi connectivity index (χ1) is 8.69. The molecule has 0 radical (unpaired) electrons. The molecule has 18 heavy (non-hydrogen) atoms. The lowest BCUT2D eigenvalue weighted by molar-refractivity contribution is 0.412. The van der Waals surface area contributed by atoms with Crippen molar-refractivity contribution < 1.29 is 0 Å². The van der Waals surface area contributed by atoms with Gasteiger partial charge in [-0.15, -0.1) is 0 Å². The van der Waals surface area contributed by atoms with Gasteiger partial charge in [-0.1, -0.05) is 58.8 Å². The highest BCUT2D eigenvalue weighted by Crippen LogP contribution is 2.22. The smallest absolute Gasteiger partial charge is 0.0524 e. The number of hydrogen-bond donors (Lipinski definition) is 0. The lowest BCUT2D eigenvalue weighted by Crippen LogP contribution is -2.06. The van der Waals surface area contributed by atoms with Crippen LogP contribution in [0.3, 0.4) is 0 Å². The molecule has 0 aliphatic heterocycles. The number of rotatable bonds is 9. The Labute approximate surface area is 113 Å². The molecule has 0 aliphatic rings. The van der Waals surface area contributed by atoms with Crippen LogP contribution < -0.4 is 0 Å². The van der Waals surface area contributed by atoms with E-state index in [0.29, 0.717) is 0 Å². The predicted octanol–water partition coefficient (Wildman–Crippen LogP) is 4.66. The lowest BCUT2D eigenvalue weighted by atomic mass is 9.89. The lowest BCUT2D eigenvalue weighted by Gasteiger charge is -2.16. The minimum absolute atomic E-state index is 0.861. The fourth-order valence-electron chi connectivity index (χ4n) is 2.58. The summed E-state index contributed by atoms with van der Waals surface area (Å²) < 4.78 is 2.00. The van der Waals surface area contributed by atoms with Crippen LogP contribution in [0.5, 0.6) is 0 Å². The molecule has 1 aromatic rings. The van der Waals surface area contributed by atoms with E-state index in [1.807, 2.05) is 11.7 Å². The average molecular weight is 250 g/mol. The third-order valence-electron chi connectivity index (χ3n) is 4.03. The van der Waals surface area contributed by atoms with Gasteiger partial charge in [0.2, 0.25) is 0 Å². The Morgan fingerprint density at radius 3 is 2.33 bits per heavy atom. The van der Waals surface area contributed by atoms with Crippen molar-refractivity contribution in [3.8, 4) is 0 Å². The van der Waals surface area contributed by atoms with Crippen molar-refractivity contribution in [3.05, 3.63) is 17.5 Å². The average Bonchev–Trinajstić information content (AvgIpc) is 2.68. The van der Waals surface area contributed by atoms with E-state index in [1.54, 1.807) is 0 Å². The molecule has 0 saturated carbocycles. The molecular weight excluding hydrogens is 220 g/mol. The number of aromatic nitrogens is 2. The van der Waals surface area contributed by atoms with Crippen LogP contribution in [0, 0.1) is 12.8 Å². The van der Waals surface area contributed by atoms with Gasteiger partial charge >= 0.3 is 0 Å². The Bertz CT molecular complexity index is 328. The molecule has 1 aromatic heterocycles. The summed E-state index contributed by atoms with van der Waals surface area (Å²) in [6.07, 6.45) is 12.9. The first-order valence-corrected chi connectivity index (χ1v) is 7.66. The molecule has 0 saturated heterocycles. The maximum absolute atomic E-state index is 4.36. The molecule has 1 unspecified atom stereocenters. The van der Waals surface area contributed by atoms with E-state index in [9.17, 15) is 0 Å². The van der Waals surface area contributed by atoms with Crippen LogP contribution in [-0.4, -0.2) is 9.78 Å². The molecule has 0 bridgehead atoms. The Morgan fingerprint density at radius 1 is 1.11 bits per heavy atom. The molecule has 0 fully saturated rings. The van der Waals surface area contributed by atoms with Crippen LogP contribution in [0.25, 0.3) is 0 Å². The van der Waals surface area contributed by atoms with Gasteiger partial charge in [-0.2, -0.15) is 5.10 Å². The van der Waals surface area contributed by atoms with Gasteiger partial charge in [0, 0.05) is 12.7 Å². The normalized spacial score (nSPS) is 12.9. The Balaban J connectivity index is 2.51. The molecule has 0 amide bonds. The molecule has 0 N–H and O–H groups in total. The third kappa shape index (κ3) is 4.83. The van der Waals surface area contributed by atoms with Gasteiger partial charge in [0.05, 0.1) is 6.20 Å². The largest absolute Gasteiger partial charge is 0.273 e. The van der Waals surface area contributed by atoms with Crippen molar-refractivity contribution in [1.29, 1.82) is 0 Å². The Morgan fingerprint density at radius 2 is 1.78 bits per heavy atom. The van der Waals surface area contributed by atoms with Crippen LogP contribution in [-0.2, 0) is 13.5 Å². The summed E-state index contributed by atoms with van der Waals surface area (Å²) in [5, 5.41) is 4.36. The zero-order valence-corrected chi connectivity index (χ0v) is 12.7. The van der Waals surface area contributed by atoms with Gasteiger partial charge in [-0.3, -0.25) is 4.68 Å². The van der Waals surface area contributed by atoms with Gasteiger partial charge in [0.25, 0.3) is 0 Å². The second kappa shape index (κ2) is 8.34. The maximum atomic E-state index is 4.36. The SMILES string of the molecule is CCCCCC(CCCC)Cc1cnn(C)c1C. The molecule has 0 spiro atoms. The fraction of sp³-hybridized carbons (Fsp3) is 0.812. The second-order valence-electron chi connectivity index (χ2n) is 5.59. The molecular formula is C16H30N2. The van der Waals surface area contributed by atoms with Crippen molar-refractivity contribution in [1.82, 2.24) is 9.78 Å². The van der Waals surface area contributed by atoms with Gasteiger partial charge in [-0.25, -0.2) is 0 Å². The van der Waals surface area contributed by atoms with Crippen LogP contribution in [0.15, 0.2) is 6.20 Å². The molecule has 1 atom stereocenters. The molecule has 2 heteroatoms. The van der Waals surface area contributed by atoms with E-state index < -0.39 is 0 Å². The minimum Gasteiger partial charge on any atom is -0.273 e. The van der Waals surface area contributed by atoms with Crippen LogP contribution >= 0.6 is 0 Å². The minimum atomic E-state index is 0.861. The number of hydrogen-bond acceptors (Lipinski definition) is 1. The van der Waals surface area contributed by atoms with Crippen LogP contribution in [0.2, 0.25) is 0 Å². The van der Waals surface area contributed by atoms with Gasteiger partial charge in [-0.05, 0) is 24.8 Å². The van der Waals surface area contributed by atoms with Crippen molar-refractivity contribution in [2.75, 3.05) is 0 Å². The van der Waals surface area contributed by atoms with Gasteiger partial charge in [0.1, 0.15) is 0 Å². The number of unbranched alkanes of at least 4 members (excludes halogenated alkanes) is 3. The van der Waals surface area contributed by atoms with E-state index in [1.165, 1.54) is 62.6 Å². The third-order valence-corrected chi connectivity index (χ3v) is 4.03. The quantitative estimate of drug-likeness (QED) is 0.583. The maximum Gasteiger partial charge on any atom is 0.0524 e. The van der Waals surface area contributed by atoms with E-state index in [-0.39, 0.29) is 0 Å². The van der Waals surface area contributed by atoms with E-state index in [4.69, 9.17) is 0 Å². The summed E-state index contributed by atoms with van der Waals surface area (Å²) in [7, 11) is 2.04. The first-order valence-electron chi connectivity index (χ1n) is 7.66. The van der Waals surface area contributed by atoms with Gasteiger partial charge in [0.15, 0.2) is 0 Å². The molecule has 1 rings (SSSR count). The highest BCUT2D eigenvalue weighted by Gasteiger charge is 2.12. The summed E-state index contributed by atoms with van der Waals surface area (Å²) >= 11 is 0. The van der Waals surface area contributed by atoms with Gasteiger partial charge < -0.3 is 0 Å². The summed E-state index contributed by atoms with van der Waals surface area (Å²) in [5.41, 5.74) is 2.79. The molecule has 2 nitrogen and oxygen atoms in total. The molecule has 0 aliphatic carbocycles. The monoisotopic (exact) mass is 250 g/mol. The standard InChI is InChI=1S/C16H30N2/c1-5-7-9-11-15(10-8-6-2)12-16-13-17-18(4)14(16)3/h13,15H,5-12H2,1-4H3. The van der Waals surface area contributed by atoms with Crippen LogP contribution in [0.4, 0.5) is 0 Å². The summed E-state index contributed by atoms with van der Waals surface area (Å²) in [5.74, 6) is 0.861. The van der Waals surface area contributed by atoms with Crippen LogP contribution in [0.1, 0.15) is 70.1 Å². The number of aryl methyl sites for hydroxylation is 1. The van der Waals surface area contributed by atoms with Crippen molar-refractivity contribution >= 4 is 0 Å². The molecule has 0 aromatic carbocycles. The Kier molecular flexibility index (Phi) is 7.07. The Hall–Kier alpha value is -0.790. The predicted molar refractivity (Wildman–Crippen MR) is 78.8 cm³/mol. The molecule has 104 valence electrons. The van der Waals surface area contributed by atoms with Crippen molar-refractivity contribution in [2.45, 2.75) is 72.1 Å². The zero-order valence-electron chi connectivity index (χ0n) is 12.7. The van der Waals surface area contributed by atoms with Crippen molar-refractivity contribution in [3.63, 3.8) is 0 Å². The van der Waals surface area contributed by atoms with E-state index >= 15 is 0 Å². The summed E-state index contributed by atoms with van der Waals surface area (Å²) in [4.78, 5) is 0. The highest BCUT2D eigenvalue weighted by atomic mass is 15.3. The van der Waals surface area contributed by atoms with Crippen molar-refractivity contribution in [2.24, 2.45) is 13.0 Å². The number of nitrogens with zero attached hydrogens (tertiary/aromatic N) is 2. The summed E-state index contributed by atoms with van der Waals surface area (Å²) in [6.45, 7) is 6.76. The summed E-state index contributed by atoms with van der Waals surface area (Å²) in [6, 6.07) is 0. The zero-order chi connectivity index (χ0) is 13.4. The topological polar surface area (TPSA) is 17.8 Å². The fourth-order valence-corrected chi connectivity index (χ4v) is 2.58. The second-order valence-corrected chi connectivity index (χ2v) is 5.59. The van der Waals surface area contributed by atoms with E-state index in [2.05, 4.69) is 32.1 Å².